The van der Waals surface area contributed by atoms with Crippen molar-refractivity contribution in [2.24, 2.45) is 5.92 Å². The summed E-state index contributed by atoms with van der Waals surface area (Å²) in [4.78, 5) is 32.1. The van der Waals surface area contributed by atoms with Crippen molar-refractivity contribution in [1.82, 2.24) is 19.9 Å². The summed E-state index contributed by atoms with van der Waals surface area (Å²) in [6.07, 6.45) is 5.62. The molecule has 4 rings (SSSR count). The van der Waals surface area contributed by atoms with Gasteiger partial charge in [0.15, 0.2) is 0 Å². The molecule has 2 aliphatic rings. The van der Waals surface area contributed by atoms with Gasteiger partial charge in [0.25, 0.3) is 5.56 Å². The van der Waals surface area contributed by atoms with Crippen LogP contribution in [0.4, 0.5) is 5.13 Å². The number of carbonyl (C=O) groups is 1. The van der Waals surface area contributed by atoms with Crippen molar-refractivity contribution in [2.45, 2.75) is 51.6 Å². The van der Waals surface area contributed by atoms with Crippen molar-refractivity contribution >= 4 is 27.3 Å². The van der Waals surface area contributed by atoms with Crippen LogP contribution in [-0.2, 0) is 16.0 Å². The van der Waals surface area contributed by atoms with Crippen LogP contribution in [0.2, 0.25) is 0 Å². The van der Waals surface area contributed by atoms with Gasteiger partial charge in [0.2, 0.25) is 16.0 Å². The Morgan fingerprint density at radius 3 is 2.89 bits per heavy atom. The third kappa shape index (κ3) is 4.20. The van der Waals surface area contributed by atoms with Crippen LogP contribution in [0, 0.1) is 5.92 Å². The van der Waals surface area contributed by atoms with Crippen molar-refractivity contribution in [3.8, 4) is 0 Å². The van der Waals surface area contributed by atoms with E-state index in [0.29, 0.717) is 11.5 Å². The zero-order valence-corrected chi connectivity index (χ0v) is 17.0. The molecule has 28 heavy (non-hydrogen) atoms. The summed E-state index contributed by atoms with van der Waals surface area (Å²) in [6, 6.07) is 1.57. The zero-order valence-electron chi connectivity index (χ0n) is 16.2. The van der Waals surface area contributed by atoms with Crippen LogP contribution in [0.15, 0.2) is 10.9 Å². The van der Waals surface area contributed by atoms with Crippen LogP contribution >= 0.6 is 11.3 Å². The van der Waals surface area contributed by atoms with E-state index in [2.05, 4.69) is 27.2 Å². The van der Waals surface area contributed by atoms with Crippen molar-refractivity contribution in [3.63, 3.8) is 0 Å². The minimum Gasteiger partial charge on any atom is -0.376 e. The number of amides is 1. The summed E-state index contributed by atoms with van der Waals surface area (Å²) in [7, 11) is 0. The molecule has 0 radical (unpaired) electrons. The Bertz CT molecular complexity index is 881. The lowest BCUT2D eigenvalue weighted by Gasteiger charge is -2.30. The molecule has 1 amide bonds. The number of hydrogen-bond acceptors (Lipinski definition) is 7. The van der Waals surface area contributed by atoms with Gasteiger partial charge in [0.05, 0.1) is 6.10 Å². The van der Waals surface area contributed by atoms with Gasteiger partial charge in [-0.15, -0.1) is 5.10 Å². The summed E-state index contributed by atoms with van der Waals surface area (Å²) in [5, 5.41) is 8.31. The van der Waals surface area contributed by atoms with E-state index >= 15 is 0 Å². The number of aryl methyl sites for hydroxylation is 1. The lowest BCUT2D eigenvalue weighted by atomic mass is 9.96. The fourth-order valence-corrected chi connectivity index (χ4v) is 4.83. The molecule has 0 saturated carbocycles. The van der Waals surface area contributed by atoms with E-state index in [4.69, 9.17) is 4.74 Å². The van der Waals surface area contributed by atoms with Crippen LogP contribution in [0.5, 0.6) is 0 Å². The highest BCUT2D eigenvalue weighted by Gasteiger charge is 2.27. The molecule has 0 bridgehead atoms. The van der Waals surface area contributed by atoms with E-state index < -0.39 is 0 Å². The predicted molar refractivity (Wildman–Crippen MR) is 108 cm³/mol. The number of aromatic nitrogens is 3. The molecular formula is C19H27N5O3S. The lowest BCUT2D eigenvalue weighted by Crippen LogP contribution is -2.42. The van der Waals surface area contributed by atoms with Crippen molar-refractivity contribution in [1.29, 1.82) is 0 Å². The van der Waals surface area contributed by atoms with E-state index in [-0.39, 0.29) is 23.5 Å². The molecule has 0 aromatic carbocycles. The number of fused-ring (bicyclic) bond motifs is 1. The number of carbonyl (C=O) groups excluding carboxylic acids is 1. The molecule has 1 atom stereocenters. The first-order valence-corrected chi connectivity index (χ1v) is 11.0. The Balaban J connectivity index is 1.36. The minimum atomic E-state index is -0.126. The standard InChI is InChI=1S/C19H27N5O3S/c1-2-4-14-11-16(25)24-18(21-14)28-19(22-24)23-8-6-13(7-9-23)17(26)20-12-15-5-3-10-27-15/h11,13,15H,2-10,12H2,1H3,(H,20,26). The molecule has 0 aliphatic carbocycles. The molecule has 2 aromatic heterocycles. The van der Waals surface area contributed by atoms with Gasteiger partial charge in [0.1, 0.15) is 0 Å². The van der Waals surface area contributed by atoms with Gasteiger partial charge in [-0.05, 0) is 32.1 Å². The van der Waals surface area contributed by atoms with Gasteiger partial charge in [-0.1, -0.05) is 24.7 Å². The molecule has 1 N–H and O–H groups in total. The van der Waals surface area contributed by atoms with Gasteiger partial charge in [0, 0.05) is 43.9 Å². The average molecular weight is 406 g/mol. The van der Waals surface area contributed by atoms with Crippen LogP contribution in [0.25, 0.3) is 4.96 Å². The number of anilines is 1. The highest BCUT2D eigenvalue weighted by atomic mass is 32.1. The van der Waals surface area contributed by atoms with Gasteiger partial charge in [-0.25, -0.2) is 4.98 Å². The van der Waals surface area contributed by atoms with Crippen molar-refractivity contribution in [3.05, 3.63) is 22.1 Å². The third-order valence-corrected chi connectivity index (χ3v) is 6.43. The number of piperidine rings is 1. The number of nitrogens with one attached hydrogen (secondary N) is 1. The smallest absolute Gasteiger partial charge is 0.275 e. The largest absolute Gasteiger partial charge is 0.376 e. The lowest BCUT2D eigenvalue weighted by molar-refractivity contribution is -0.126. The minimum absolute atomic E-state index is 0.0315. The monoisotopic (exact) mass is 405 g/mol. The summed E-state index contributed by atoms with van der Waals surface area (Å²) in [5.41, 5.74) is 0.698. The number of rotatable bonds is 6. The Labute approximate surface area is 167 Å². The van der Waals surface area contributed by atoms with E-state index in [1.807, 2.05) is 0 Å². The topological polar surface area (TPSA) is 88.8 Å². The van der Waals surface area contributed by atoms with Gasteiger partial charge >= 0.3 is 0 Å². The summed E-state index contributed by atoms with van der Waals surface area (Å²) < 4.78 is 6.95. The maximum absolute atomic E-state index is 12.4. The second kappa shape index (κ2) is 8.57. The van der Waals surface area contributed by atoms with Crippen LogP contribution in [0.3, 0.4) is 0 Å². The molecule has 2 saturated heterocycles. The molecular weight excluding hydrogens is 378 g/mol. The SMILES string of the molecule is CCCc1cc(=O)n2nc(N3CCC(C(=O)NCC4CCCO4)CC3)sc2n1. The highest BCUT2D eigenvalue weighted by molar-refractivity contribution is 7.20. The first-order valence-electron chi connectivity index (χ1n) is 10.2. The Kier molecular flexibility index (Phi) is 5.91. The first-order chi connectivity index (χ1) is 13.6. The zero-order chi connectivity index (χ0) is 19.5. The number of nitrogens with zero attached hydrogens (tertiary/aromatic N) is 4. The van der Waals surface area contributed by atoms with E-state index in [0.717, 1.165) is 69.0 Å². The predicted octanol–water partition coefficient (Wildman–Crippen LogP) is 1.62. The molecule has 4 heterocycles. The second-order valence-electron chi connectivity index (χ2n) is 7.56. The number of ether oxygens (including phenoxy) is 1. The van der Waals surface area contributed by atoms with E-state index in [9.17, 15) is 9.59 Å². The first kappa shape index (κ1) is 19.3. The Morgan fingerprint density at radius 2 is 2.18 bits per heavy atom. The maximum atomic E-state index is 12.4. The Morgan fingerprint density at radius 1 is 1.36 bits per heavy atom. The molecule has 0 spiro atoms. The maximum Gasteiger partial charge on any atom is 0.275 e. The van der Waals surface area contributed by atoms with Crippen LogP contribution in [0.1, 0.15) is 44.7 Å². The molecule has 1 unspecified atom stereocenters. The molecule has 8 nitrogen and oxygen atoms in total. The molecule has 2 aliphatic heterocycles. The second-order valence-corrected chi connectivity index (χ2v) is 8.49. The van der Waals surface area contributed by atoms with Crippen molar-refractivity contribution < 1.29 is 9.53 Å². The summed E-state index contributed by atoms with van der Waals surface area (Å²) >= 11 is 1.44. The number of hydrogen-bond donors (Lipinski definition) is 1. The third-order valence-electron chi connectivity index (χ3n) is 5.46. The molecule has 2 fully saturated rings. The van der Waals surface area contributed by atoms with Crippen molar-refractivity contribution in [2.75, 3.05) is 31.1 Å². The fourth-order valence-electron chi connectivity index (χ4n) is 3.86. The van der Waals surface area contributed by atoms with Gasteiger partial charge in [-0.3, -0.25) is 9.59 Å². The normalized spacial score (nSPS) is 20.8. The molecule has 9 heteroatoms. The summed E-state index contributed by atoms with van der Waals surface area (Å²) in [5.74, 6) is 0.158. The average Bonchev–Trinajstić information content (AvgIpc) is 3.36. The van der Waals surface area contributed by atoms with Gasteiger partial charge < -0.3 is 15.0 Å². The van der Waals surface area contributed by atoms with E-state index in [1.54, 1.807) is 6.07 Å². The molecule has 2 aromatic rings. The Hall–Kier alpha value is -2.00. The molecule has 152 valence electrons. The summed E-state index contributed by atoms with van der Waals surface area (Å²) in [6.45, 7) is 5.01. The van der Waals surface area contributed by atoms with Crippen LogP contribution < -0.4 is 15.8 Å². The van der Waals surface area contributed by atoms with E-state index in [1.165, 1.54) is 15.9 Å². The van der Waals surface area contributed by atoms with Gasteiger partial charge in [-0.2, -0.15) is 4.52 Å². The fraction of sp³-hybridized carbons (Fsp3) is 0.684. The van der Waals surface area contributed by atoms with Crippen LogP contribution in [-0.4, -0.2) is 52.9 Å². The highest BCUT2D eigenvalue weighted by Crippen LogP contribution is 2.27. The quantitative estimate of drug-likeness (QED) is 0.786.